The number of hydrogen-bond acceptors (Lipinski definition) is 2. The van der Waals surface area contributed by atoms with Crippen molar-refractivity contribution in [3.8, 4) is 0 Å². The Hall–Kier alpha value is -0.440. The van der Waals surface area contributed by atoms with Crippen LogP contribution in [0.4, 0.5) is 0 Å². The third kappa shape index (κ3) is 1.75. The average Bonchev–Trinajstić information content (AvgIpc) is 1.88. The van der Waals surface area contributed by atoms with Crippen molar-refractivity contribution in [3.05, 3.63) is 22.7 Å². The third-order valence-corrected chi connectivity index (χ3v) is 1.35. The Balaban J connectivity index is 2.94. The summed E-state index contributed by atoms with van der Waals surface area (Å²) in [6, 6.07) is 2.80. The Bertz CT molecular complexity index is 200. The van der Waals surface area contributed by atoms with Gasteiger partial charge in [-0.3, -0.25) is 0 Å². The maximum Gasteiger partial charge on any atom is 0.129 e. The second-order valence-corrected chi connectivity index (χ2v) is 2.33. The molecule has 9 heavy (non-hydrogen) atoms. The summed E-state index contributed by atoms with van der Waals surface area (Å²) >= 11 is 3.20. The zero-order valence-electron chi connectivity index (χ0n) is 5.06. The first-order valence-corrected chi connectivity index (χ1v) is 3.51. The second-order valence-electron chi connectivity index (χ2n) is 1.57. The van der Waals surface area contributed by atoms with Gasteiger partial charge in [0.1, 0.15) is 10.4 Å². The van der Waals surface area contributed by atoms with Crippen molar-refractivity contribution in [2.45, 2.75) is 13.3 Å². The highest BCUT2D eigenvalue weighted by molar-refractivity contribution is 9.10. The molecule has 0 aliphatic rings. The van der Waals surface area contributed by atoms with E-state index in [-0.39, 0.29) is 0 Å². The van der Waals surface area contributed by atoms with E-state index in [2.05, 4.69) is 32.0 Å². The van der Waals surface area contributed by atoms with E-state index in [1.54, 1.807) is 6.20 Å². The maximum absolute atomic E-state index is 4.04. The van der Waals surface area contributed by atoms with Crippen molar-refractivity contribution < 1.29 is 0 Å². The minimum atomic E-state index is 0.731. The average molecular weight is 186 g/mol. The van der Waals surface area contributed by atoms with Crippen molar-refractivity contribution in [1.29, 1.82) is 0 Å². The van der Waals surface area contributed by atoms with Gasteiger partial charge in [0.15, 0.2) is 0 Å². The van der Waals surface area contributed by atoms with Crippen molar-refractivity contribution in [1.82, 2.24) is 9.97 Å². The van der Waals surface area contributed by atoms with Crippen molar-refractivity contribution in [2.75, 3.05) is 0 Å². The monoisotopic (exact) mass is 185 g/mol. The molecule has 0 atom stereocenters. The van der Waals surface area contributed by atoms with Gasteiger partial charge in [-0.05, 0) is 15.9 Å². The fraction of sp³-hybridized carbons (Fsp3) is 0.333. The molecule has 1 aromatic heterocycles. The summed E-state index contributed by atoms with van der Waals surface area (Å²) < 4.78 is 0.731. The van der Waals surface area contributed by atoms with Crippen LogP contribution in [0.15, 0.2) is 10.8 Å². The fourth-order valence-electron chi connectivity index (χ4n) is 0.505. The molecule has 0 unspecified atom stereocenters. The molecule has 0 aliphatic heterocycles. The van der Waals surface area contributed by atoms with E-state index >= 15 is 0 Å². The standard InChI is InChI=1S/C6H6BrN2/c1-2-6-8-4-3-5(7)9-6/h4H,2H2,1H3. The summed E-state index contributed by atoms with van der Waals surface area (Å²) in [6.45, 7) is 2.02. The highest BCUT2D eigenvalue weighted by Crippen LogP contribution is 2.02. The van der Waals surface area contributed by atoms with E-state index in [4.69, 9.17) is 0 Å². The summed E-state index contributed by atoms with van der Waals surface area (Å²) in [5.74, 6) is 0.848. The number of halogens is 1. The molecule has 0 aliphatic carbocycles. The van der Waals surface area contributed by atoms with Gasteiger partial charge in [-0.1, -0.05) is 6.92 Å². The maximum atomic E-state index is 4.04. The van der Waals surface area contributed by atoms with Gasteiger partial charge < -0.3 is 0 Å². The highest BCUT2D eigenvalue weighted by Gasteiger charge is 1.91. The lowest BCUT2D eigenvalue weighted by molar-refractivity contribution is 0.925. The van der Waals surface area contributed by atoms with Gasteiger partial charge >= 0.3 is 0 Å². The predicted molar refractivity (Wildman–Crippen MR) is 37.9 cm³/mol. The highest BCUT2D eigenvalue weighted by atomic mass is 79.9. The molecule has 0 saturated carbocycles. The molecule has 0 N–H and O–H groups in total. The quantitative estimate of drug-likeness (QED) is 0.622. The molecule has 1 radical (unpaired) electrons. The number of aromatic nitrogens is 2. The molecule has 0 saturated heterocycles. The lowest BCUT2D eigenvalue weighted by atomic mass is 10.4. The molecule has 0 spiro atoms. The minimum absolute atomic E-state index is 0.731. The summed E-state index contributed by atoms with van der Waals surface area (Å²) in [5, 5.41) is 0. The van der Waals surface area contributed by atoms with Crippen molar-refractivity contribution in [2.24, 2.45) is 0 Å². The first-order valence-electron chi connectivity index (χ1n) is 2.72. The Morgan fingerprint density at radius 2 is 2.56 bits per heavy atom. The van der Waals surface area contributed by atoms with Crippen LogP contribution in [0, 0.1) is 6.07 Å². The van der Waals surface area contributed by atoms with E-state index < -0.39 is 0 Å². The second kappa shape index (κ2) is 2.92. The molecule has 0 fully saturated rings. The molecule has 0 aromatic carbocycles. The summed E-state index contributed by atoms with van der Waals surface area (Å²) in [4.78, 5) is 8.00. The smallest absolute Gasteiger partial charge is 0.129 e. The van der Waals surface area contributed by atoms with Crippen LogP contribution in [0.1, 0.15) is 12.7 Å². The van der Waals surface area contributed by atoms with Crippen LogP contribution >= 0.6 is 15.9 Å². The third-order valence-electron chi connectivity index (χ3n) is 0.941. The van der Waals surface area contributed by atoms with Gasteiger partial charge in [-0.25, -0.2) is 9.97 Å². The Labute approximate surface area is 62.5 Å². The van der Waals surface area contributed by atoms with Crippen LogP contribution in [-0.2, 0) is 6.42 Å². The molecule has 2 nitrogen and oxygen atoms in total. The van der Waals surface area contributed by atoms with Crippen LogP contribution in [-0.4, -0.2) is 9.97 Å². The van der Waals surface area contributed by atoms with Crippen LogP contribution in [0.5, 0.6) is 0 Å². The molecular weight excluding hydrogens is 180 g/mol. The first kappa shape index (κ1) is 6.68. The number of nitrogens with zero attached hydrogens (tertiary/aromatic N) is 2. The van der Waals surface area contributed by atoms with E-state index in [1.807, 2.05) is 6.92 Å². The molecular formula is C6H6BrN2. The van der Waals surface area contributed by atoms with Crippen molar-refractivity contribution >= 4 is 15.9 Å². The largest absolute Gasteiger partial charge is 0.241 e. The Kier molecular flexibility index (Phi) is 2.16. The molecule has 47 valence electrons. The zero-order valence-corrected chi connectivity index (χ0v) is 6.64. The van der Waals surface area contributed by atoms with Crippen molar-refractivity contribution in [3.63, 3.8) is 0 Å². The van der Waals surface area contributed by atoms with Crippen LogP contribution in [0.25, 0.3) is 0 Å². The minimum Gasteiger partial charge on any atom is -0.241 e. The first-order chi connectivity index (χ1) is 4.33. The van der Waals surface area contributed by atoms with Crippen LogP contribution in [0.2, 0.25) is 0 Å². The van der Waals surface area contributed by atoms with E-state index in [0.717, 1.165) is 16.8 Å². The van der Waals surface area contributed by atoms with E-state index in [9.17, 15) is 0 Å². The molecule has 1 heterocycles. The Morgan fingerprint density at radius 1 is 1.78 bits per heavy atom. The van der Waals surface area contributed by atoms with E-state index in [0.29, 0.717) is 0 Å². The molecule has 1 aromatic rings. The molecule has 1 rings (SSSR count). The van der Waals surface area contributed by atoms with E-state index in [1.165, 1.54) is 0 Å². The van der Waals surface area contributed by atoms with Crippen LogP contribution < -0.4 is 0 Å². The lowest BCUT2D eigenvalue weighted by Gasteiger charge is -1.91. The number of aryl methyl sites for hydroxylation is 1. The van der Waals surface area contributed by atoms with Gasteiger partial charge in [-0.2, -0.15) is 0 Å². The predicted octanol–water partition coefficient (Wildman–Crippen LogP) is 1.60. The normalized spacial score (nSPS) is 9.56. The van der Waals surface area contributed by atoms with Crippen LogP contribution in [0.3, 0.4) is 0 Å². The summed E-state index contributed by atoms with van der Waals surface area (Å²) in [6.07, 6.45) is 2.49. The molecule has 0 amide bonds. The molecule has 0 bridgehead atoms. The van der Waals surface area contributed by atoms with Gasteiger partial charge in [0, 0.05) is 18.7 Å². The fourth-order valence-corrected chi connectivity index (χ4v) is 0.812. The topological polar surface area (TPSA) is 25.8 Å². The SMILES string of the molecule is CCc1nc[c]c(Br)n1. The number of rotatable bonds is 1. The van der Waals surface area contributed by atoms with Gasteiger partial charge in [0.05, 0.1) is 0 Å². The summed E-state index contributed by atoms with van der Waals surface area (Å²) in [5.41, 5.74) is 0. The van der Waals surface area contributed by atoms with Gasteiger partial charge in [-0.15, -0.1) is 0 Å². The lowest BCUT2D eigenvalue weighted by Crippen LogP contribution is -1.90. The number of hydrogen-bond donors (Lipinski definition) is 0. The summed E-state index contributed by atoms with van der Waals surface area (Å²) in [7, 11) is 0. The Morgan fingerprint density at radius 3 is 3.00 bits per heavy atom. The molecule has 3 heteroatoms. The van der Waals surface area contributed by atoms with Gasteiger partial charge in [0.2, 0.25) is 0 Å². The zero-order chi connectivity index (χ0) is 6.69. The van der Waals surface area contributed by atoms with Gasteiger partial charge in [0.25, 0.3) is 0 Å².